The van der Waals surface area contributed by atoms with E-state index in [2.05, 4.69) is 5.32 Å². The number of nitrogens with one attached hydrogen (secondary N) is 1. The topological polar surface area (TPSA) is 85.6 Å². The Morgan fingerprint density at radius 2 is 1.85 bits per heavy atom. The maximum absolute atomic E-state index is 12.1. The number of rotatable bonds is 6. The summed E-state index contributed by atoms with van der Waals surface area (Å²) < 4.78 is 10.1. The van der Waals surface area contributed by atoms with Crippen LogP contribution in [-0.4, -0.2) is 24.3 Å². The second kappa shape index (κ2) is 7.79. The van der Waals surface area contributed by atoms with E-state index in [4.69, 9.17) is 9.15 Å². The van der Waals surface area contributed by atoms with E-state index in [-0.39, 0.29) is 23.0 Å². The predicted molar refractivity (Wildman–Crippen MR) is 96.8 cm³/mol. The molecule has 0 aliphatic carbocycles. The van der Waals surface area contributed by atoms with E-state index in [0.29, 0.717) is 10.6 Å². The van der Waals surface area contributed by atoms with Gasteiger partial charge in [-0.3, -0.25) is 9.59 Å². The highest BCUT2D eigenvalue weighted by atomic mass is 32.1. The third kappa shape index (κ3) is 4.25. The highest BCUT2D eigenvalue weighted by molar-refractivity contribution is 7.18. The lowest BCUT2D eigenvalue weighted by molar-refractivity contribution is 0.0479. The minimum absolute atomic E-state index is 0.172. The molecule has 1 aromatic carbocycles. The molecule has 2 heterocycles. The van der Waals surface area contributed by atoms with Gasteiger partial charge in [-0.1, -0.05) is 29.8 Å². The fourth-order valence-corrected chi connectivity index (χ4v) is 2.92. The lowest BCUT2D eigenvalue weighted by Crippen LogP contribution is -2.13. The summed E-state index contributed by atoms with van der Waals surface area (Å²) in [5, 5.41) is 3.10. The smallest absolute Gasteiger partial charge is 0.348 e. The summed E-state index contributed by atoms with van der Waals surface area (Å²) in [6.07, 6.45) is 1.40. The van der Waals surface area contributed by atoms with Crippen molar-refractivity contribution >= 4 is 34.0 Å². The maximum atomic E-state index is 12.1. The molecule has 0 bridgehead atoms. The van der Waals surface area contributed by atoms with Crippen LogP contribution in [0.25, 0.3) is 0 Å². The number of esters is 1. The standard InChI is InChI=1S/C19H15NO5S/c1-12-4-6-13(7-5-12)14(21)11-25-19(23)16-8-9-17(26-16)20-18(22)15-3-2-10-24-15/h2-10H,11H2,1H3,(H,20,22). The van der Waals surface area contributed by atoms with E-state index in [1.807, 2.05) is 19.1 Å². The van der Waals surface area contributed by atoms with Crippen molar-refractivity contribution in [1.82, 2.24) is 0 Å². The number of Topliss-reactive ketones (excluding diaryl/α,β-unsaturated/α-hetero) is 1. The van der Waals surface area contributed by atoms with E-state index in [9.17, 15) is 14.4 Å². The summed E-state index contributed by atoms with van der Waals surface area (Å²) in [7, 11) is 0. The van der Waals surface area contributed by atoms with E-state index >= 15 is 0 Å². The molecule has 0 radical (unpaired) electrons. The number of anilines is 1. The molecule has 0 aliphatic heterocycles. The van der Waals surface area contributed by atoms with Crippen LogP contribution in [0.15, 0.2) is 59.2 Å². The quantitative estimate of drug-likeness (QED) is 0.525. The molecule has 26 heavy (non-hydrogen) atoms. The molecule has 2 aromatic heterocycles. The van der Waals surface area contributed by atoms with Crippen molar-refractivity contribution in [2.75, 3.05) is 11.9 Å². The largest absolute Gasteiger partial charge is 0.459 e. The Kier molecular flexibility index (Phi) is 5.28. The number of benzene rings is 1. The number of aryl methyl sites for hydroxylation is 1. The van der Waals surface area contributed by atoms with Gasteiger partial charge in [0.05, 0.1) is 11.3 Å². The first-order valence-corrected chi connectivity index (χ1v) is 8.56. The number of furan rings is 1. The summed E-state index contributed by atoms with van der Waals surface area (Å²) >= 11 is 1.06. The van der Waals surface area contributed by atoms with Crippen LogP contribution in [0.3, 0.4) is 0 Å². The Morgan fingerprint density at radius 3 is 2.54 bits per heavy atom. The molecule has 0 saturated heterocycles. The average Bonchev–Trinajstić information content (AvgIpc) is 3.32. The number of amides is 1. The summed E-state index contributed by atoms with van der Waals surface area (Å²) in [6.45, 7) is 1.58. The Morgan fingerprint density at radius 1 is 1.08 bits per heavy atom. The number of hydrogen-bond acceptors (Lipinski definition) is 6. The SMILES string of the molecule is Cc1ccc(C(=O)COC(=O)c2ccc(NC(=O)c3ccco3)s2)cc1. The number of thiophene rings is 1. The molecule has 0 aliphatic rings. The number of ether oxygens (including phenoxy) is 1. The summed E-state index contributed by atoms with van der Waals surface area (Å²) in [6, 6.07) is 13.3. The molecule has 1 amide bonds. The molecule has 132 valence electrons. The number of carbonyl (C=O) groups is 3. The third-order valence-electron chi connectivity index (χ3n) is 3.50. The Hall–Kier alpha value is -3.19. The van der Waals surface area contributed by atoms with Crippen molar-refractivity contribution in [2.45, 2.75) is 6.92 Å². The summed E-state index contributed by atoms with van der Waals surface area (Å²) in [4.78, 5) is 36.3. The average molecular weight is 369 g/mol. The van der Waals surface area contributed by atoms with E-state index < -0.39 is 11.9 Å². The molecule has 0 atom stereocenters. The van der Waals surface area contributed by atoms with Gasteiger partial charge in [-0.05, 0) is 31.2 Å². The van der Waals surface area contributed by atoms with Crippen molar-refractivity contribution in [3.8, 4) is 0 Å². The Labute approximate surface area is 153 Å². The number of hydrogen-bond donors (Lipinski definition) is 1. The fourth-order valence-electron chi connectivity index (χ4n) is 2.12. The van der Waals surface area contributed by atoms with Crippen LogP contribution in [0.1, 0.15) is 36.1 Å². The van der Waals surface area contributed by atoms with E-state index in [0.717, 1.165) is 16.9 Å². The lowest BCUT2D eigenvalue weighted by atomic mass is 10.1. The van der Waals surface area contributed by atoms with Crippen LogP contribution < -0.4 is 5.32 Å². The van der Waals surface area contributed by atoms with Crippen molar-refractivity contribution in [3.63, 3.8) is 0 Å². The second-order valence-corrected chi connectivity index (χ2v) is 6.54. The molecule has 6 nitrogen and oxygen atoms in total. The van der Waals surface area contributed by atoms with Gasteiger partial charge in [0.2, 0.25) is 0 Å². The van der Waals surface area contributed by atoms with E-state index in [1.54, 1.807) is 24.3 Å². The van der Waals surface area contributed by atoms with Gasteiger partial charge in [-0.2, -0.15) is 0 Å². The Bertz CT molecular complexity index is 925. The lowest BCUT2D eigenvalue weighted by Gasteiger charge is -2.03. The van der Waals surface area contributed by atoms with Crippen molar-refractivity contribution in [3.05, 3.63) is 76.6 Å². The first-order valence-electron chi connectivity index (χ1n) is 7.74. The maximum Gasteiger partial charge on any atom is 0.348 e. The molecular formula is C19H15NO5S. The molecular weight excluding hydrogens is 354 g/mol. The van der Waals surface area contributed by atoms with Gasteiger partial charge in [0, 0.05) is 5.56 Å². The normalized spacial score (nSPS) is 10.3. The van der Waals surface area contributed by atoms with Gasteiger partial charge < -0.3 is 14.5 Å². The first kappa shape index (κ1) is 17.6. The molecule has 0 saturated carbocycles. The molecule has 0 unspecified atom stereocenters. The van der Waals surface area contributed by atoms with Crippen molar-refractivity contribution in [1.29, 1.82) is 0 Å². The van der Waals surface area contributed by atoms with Gasteiger partial charge in [0.1, 0.15) is 4.88 Å². The van der Waals surface area contributed by atoms with Crippen LogP contribution in [0.5, 0.6) is 0 Å². The molecule has 0 spiro atoms. The fraction of sp³-hybridized carbons (Fsp3) is 0.105. The number of carbonyl (C=O) groups excluding carboxylic acids is 3. The van der Waals surface area contributed by atoms with Crippen LogP contribution >= 0.6 is 11.3 Å². The van der Waals surface area contributed by atoms with Gasteiger partial charge in [0.15, 0.2) is 18.2 Å². The minimum Gasteiger partial charge on any atom is -0.459 e. The molecule has 0 fully saturated rings. The van der Waals surface area contributed by atoms with Crippen molar-refractivity contribution < 1.29 is 23.5 Å². The molecule has 3 aromatic rings. The summed E-state index contributed by atoms with van der Waals surface area (Å²) in [5.41, 5.74) is 1.53. The Balaban J connectivity index is 1.55. The molecule has 3 rings (SSSR count). The third-order valence-corrected chi connectivity index (χ3v) is 4.48. The highest BCUT2D eigenvalue weighted by Crippen LogP contribution is 2.23. The van der Waals surface area contributed by atoms with E-state index in [1.165, 1.54) is 18.4 Å². The van der Waals surface area contributed by atoms with Crippen molar-refractivity contribution in [2.24, 2.45) is 0 Å². The molecule has 7 heteroatoms. The van der Waals surface area contributed by atoms with Gasteiger partial charge in [-0.25, -0.2) is 4.79 Å². The van der Waals surface area contributed by atoms with Crippen LogP contribution in [0, 0.1) is 6.92 Å². The van der Waals surface area contributed by atoms with Gasteiger partial charge in [0.25, 0.3) is 5.91 Å². The monoisotopic (exact) mass is 369 g/mol. The van der Waals surface area contributed by atoms with Crippen LogP contribution in [0.4, 0.5) is 5.00 Å². The van der Waals surface area contributed by atoms with Crippen LogP contribution in [-0.2, 0) is 4.74 Å². The van der Waals surface area contributed by atoms with Gasteiger partial charge >= 0.3 is 5.97 Å². The zero-order valence-electron chi connectivity index (χ0n) is 13.9. The van der Waals surface area contributed by atoms with Crippen LogP contribution in [0.2, 0.25) is 0 Å². The number of ketones is 1. The zero-order valence-corrected chi connectivity index (χ0v) is 14.7. The molecule has 1 N–H and O–H groups in total. The zero-order chi connectivity index (χ0) is 18.5. The minimum atomic E-state index is -0.617. The predicted octanol–water partition coefficient (Wildman–Crippen LogP) is 3.94. The summed E-state index contributed by atoms with van der Waals surface area (Å²) in [5.74, 6) is -1.13. The van der Waals surface area contributed by atoms with Gasteiger partial charge in [-0.15, -0.1) is 11.3 Å². The second-order valence-electron chi connectivity index (χ2n) is 5.46. The highest BCUT2D eigenvalue weighted by Gasteiger charge is 2.16. The first-order chi connectivity index (χ1) is 12.5.